The van der Waals surface area contributed by atoms with E-state index in [9.17, 15) is 19.8 Å². The highest BCUT2D eigenvalue weighted by Crippen LogP contribution is 2.26. The number of hydrogen-bond acceptors (Lipinski definition) is 3. The molecular formula is C30H18O5. The van der Waals surface area contributed by atoms with Gasteiger partial charge in [-0.25, -0.2) is 9.59 Å². The van der Waals surface area contributed by atoms with Crippen molar-refractivity contribution in [1.29, 1.82) is 0 Å². The molecule has 4 aromatic carbocycles. The van der Waals surface area contributed by atoms with Crippen molar-refractivity contribution in [3.05, 3.63) is 130 Å². The molecule has 0 saturated carbocycles. The number of carboxylic acids is 2. The Bertz CT molecular complexity index is 1400. The van der Waals surface area contributed by atoms with E-state index in [1.807, 2.05) is 60.7 Å². The smallest absolute Gasteiger partial charge is 0.337 e. The van der Waals surface area contributed by atoms with Crippen molar-refractivity contribution in [3.63, 3.8) is 0 Å². The SMILES string of the molecule is O=C(O)c1cc(Oc2ccc(C#Cc3ccccc3)c(C(=O)O)c2)ccc1C#Cc1ccccc1. The summed E-state index contributed by atoms with van der Waals surface area (Å²) >= 11 is 0. The van der Waals surface area contributed by atoms with Crippen LogP contribution in [0.4, 0.5) is 0 Å². The third kappa shape index (κ3) is 5.96. The van der Waals surface area contributed by atoms with Gasteiger partial charge in [-0.15, -0.1) is 0 Å². The predicted octanol–water partition coefficient (Wildman–Crippen LogP) is 5.67. The van der Waals surface area contributed by atoms with Crippen molar-refractivity contribution in [3.8, 4) is 35.2 Å². The topological polar surface area (TPSA) is 83.8 Å². The first-order chi connectivity index (χ1) is 17.0. The number of carbonyl (C=O) groups is 2. The van der Waals surface area contributed by atoms with Gasteiger partial charge in [0.2, 0.25) is 0 Å². The highest BCUT2D eigenvalue weighted by Gasteiger charge is 2.13. The molecule has 0 atom stereocenters. The third-order valence-corrected chi connectivity index (χ3v) is 4.91. The molecule has 0 unspecified atom stereocenters. The lowest BCUT2D eigenvalue weighted by molar-refractivity contribution is 0.0686. The summed E-state index contributed by atoms with van der Waals surface area (Å²) in [6.07, 6.45) is 0. The Morgan fingerprint density at radius 3 is 1.31 bits per heavy atom. The van der Waals surface area contributed by atoms with E-state index in [1.54, 1.807) is 24.3 Å². The number of rotatable bonds is 4. The quantitative estimate of drug-likeness (QED) is 0.385. The van der Waals surface area contributed by atoms with Crippen molar-refractivity contribution < 1.29 is 24.5 Å². The van der Waals surface area contributed by atoms with Crippen molar-refractivity contribution in [2.45, 2.75) is 0 Å². The van der Waals surface area contributed by atoms with Crippen molar-refractivity contribution >= 4 is 11.9 Å². The zero-order chi connectivity index (χ0) is 24.6. The summed E-state index contributed by atoms with van der Waals surface area (Å²) in [5.41, 5.74) is 2.17. The lowest BCUT2D eigenvalue weighted by atomic mass is 10.1. The van der Waals surface area contributed by atoms with Gasteiger partial charge < -0.3 is 14.9 Å². The first kappa shape index (κ1) is 22.9. The number of aromatic carboxylic acids is 2. The molecule has 0 aromatic heterocycles. The summed E-state index contributed by atoms with van der Waals surface area (Å²) in [6, 6.07) is 27.5. The number of carboxylic acid groups (broad SMARTS) is 2. The van der Waals surface area contributed by atoms with E-state index in [0.29, 0.717) is 11.1 Å². The lowest BCUT2D eigenvalue weighted by Gasteiger charge is -2.09. The fourth-order valence-corrected chi connectivity index (χ4v) is 3.20. The zero-order valence-electron chi connectivity index (χ0n) is 18.4. The highest BCUT2D eigenvalue weighted by atomic mass is 16.5. The van der Waals surface area contributed by atoms with Crippen LogP contribution in [-0.4, -0.2) is 22.2 Å². The Kier molecular flexibility index (Phi) is 6.92. The summed E-state index contributed by atoms with van der Waals surface area (Å²) in [7, 11) is 0. The van der Waals surface area contributed by atoms with Crippen molar-refractivity contribution in [2.24, 2.45) is 0 Å². The zero-order valence-corrected chi connectivity index (χ0v) is 18.4. The molecule has 4 aromatic rings. The van der Waals surface area contributed by atoms with Crippen LogP contribution in [0.25, 0.3) is 0 Å². The maximum absolute atomic E-state index is 11.8. The van der Waals surface area contributed by atoms with Crippen LogP contribution in [0, 0.1) is 23.7 Å². The van der Waals surface area contributed by atoms with Crippen LogP contribution in [0.2, 0.25) is 0 Å². The molecule has 0 heterocycles. The largest absolute Gasteiger partial charge is 0.478 e. The molecule has 0 bridgehead atoms. The predicted molar refractivity (Wildman–Crippen MR) is 132 cm³/mol. The normalized spacial score (nSPS) is 9.71. The van der Waals surface area contributed by atoms with Gasteiger partial charge in [0.05, 0.1) is 11.1 Å². The minimum Gasteiger partial charge on any atom is -0.478 e. The number of benzene rings is 4. The van der Waals surface area contributed by atoms with Crippen molar-refractivity contribution in [1.82, 2.24) is 0 Å². The monoisotopic (exact) mass is 458 g/mol. The molecule has 5 heteroatoms. The van der Waals surface area contributed by atoms with Crippen LogP contribution >= 0.6 is 0 Å². The Morgan fingerprint density at radius 2 is 0.943 bits per heavy atom. The van der Waals surface area contributed by atoms with Gasteiger partial charge in [0, 0.05) is 22.3 Å². The molecule has 0 spiro atoms. The lowest BCUT2D eigenvalue weighted by Crippen LogP contribution is -2.02. The van der Waals surface area contributed by atoms with Gasteiger partial charge in [-0.05, 0) is 60.7 Å². The molecule has 0 saturated heterocycles. The Labute approximate surface area is 202 Å². The summed E-state index contributed by atoms with van der Waals surface area (Å²) in [5.74, 6) is 9.84. The molecule has 2 N–H and O–H groups in total. The van der Waals surface area contributed by atoms with Crippen LogP contribution in [0.5, 0.6) is 11.5 Å². The second kappa shape index (κ2) is 10.6. The first-order valence-corrected chi connectivity index (χ1v) is 10.6. The number of ether oxygens (including phenoxy) is 1. The van der Waals surface area contributed by atoms with Crippen LogP contribution in [0.1, 0.15) is 43.0 Å². The van der Waals surface area contributed by atoms with E-state index in [2.05, 4.69) is 23.7 Å². The van der Waals surface area contributed by atoms with E-state index in [4.69, 9.17) is 4.74 Å². The fourth-order valence-electron chi connectivity index (χ4n) is 3.20. The molecule has 168 valence electrons. The first-order valence-electron chi connectivity index (χ1n) is 10.6. The van der Waals surface area contributed by atoms with E-state index in [1.165, 1.54) is 12.1 Å². The third-order valence-electron chi connectivity index (χ3n) is 4.91. The van der Waals surface area contributed by atoms with Crippen LogP contribution in [-0.2, 0) is 0 Å². The summed E-state index contributed by atoms with van der Waals surface area (Å²) < 4.78 is 5.77. The van der Waals surface area contributed by atoms with E-state index >= 15 is 0 Å². The van der Waals surface area contributed by atoms with Crippen LogP contribution in [0.15, 0.2) is 97.1 Å². The van der Waals surface area contributed by atoms with Gasteiger partial charge in [0.1, 0.15) is 11.5 Å². The standard InChI is InChI=1S/C30H18O5/c31-29(32)27-19-25(17-15-23(27)13-11-21-7-3-1-4-8-21)35-26-18-16-24(28(20-26)30(33)34)14-12-22-9-5-2-6-10-22/h1-10,15-20H,(H,31,32)(H,33,34). The van der Waals surface area contributed by atoms with Crippen LogP contribution in [0.3, 0.4) is 0 Å². The minimum absolute atomic E-state index is 0.0188. The van der Waals surface area contributed by atoms with Crippen molar-refractivity contribution in [2.75, 3.05) is 0 Å². The average Bonchev–Trinajstić information content (AvgIpc) is 2.88. The molecule has 0 aliphatic carbocycles. The van der Waals surface area contributed by atoms with Gasteiger partial charge in [0.25, 0.3) is 0 Å². The highest BCUT2D eigenvalue weighted by molar-refractivity contribution is 5.92. The molecule has 0 aliphatic heterocycles. The maximum atomic E-state index is 11.8. The molecule has 35 heavy (non-hydrogen) atoms. The van der Waals surface area contributed by atoms with E-state index in [0.717, 1.165) is 11.1 Å². The Morgan fingerprint density at radius 1 is 0.543 bits per heavy atom. The molecule has 0 amide bonds. The molecule has 5 nitrogen and oxygen atoms in total. The summed E-state index contributed by atoms with van der Waals surface area (Å²) in [5, 5.41) is 19.3. The summed E-state index contributed by atoms with van der Waals surface area (Å²) in [4.78, 5) is 23.6. The molecule has 4 rings (SSSR count). The van der Waals surface area contributed by atoms with E-state index in [-0.39, 0.29) is 22.6 Å². The second-order valence-electron chi connectivity index (χ2n) is 7.36. The minimum atomic E-state index is -1.15. The van der Waals surface area contributed by atoms with E-state index < -0.39 is 11.9 Å². The molecular weight excluding hydrogens is 440 g/mol. The van der Waals surface area contributed by atoms with Gasteiger partial charge in [-0.3, -0.25) is 0 Å². The molecule has 0 fully saturated rings. The Hall–Kier alpha value is -5.26. The fraction of sp³-hybridized carbons (Fsp3) is 0. The molecule has 0 radical (unpaired) electrons. The second-order valence-corrected chi connectivity index (χ2v) is 7.36. The number of hydrogen-bond donors (Lipinski definition) is 2. The van der Waals surface area contributed by atoms with Gasteiger partial charge in [-0.2, -0.15) is 0 Å². The molecule has 0 aliphatic rings. The average molecular weight is 458 g/mol. The van der Waals surface area contributed by atoms with Gasteiger partial charge >= 0.3 is 11.9 Å². The van der Waals surface area contributed by atoms with Gasteiger partial charge in [0.15, 0.2) is 0 Å². The van der Waals surface area contributed by atoms with Crippen LogP contribution < -0.4 is 4.74 Å². The summed E-state index contributed by atoms with van der Waals surface area (Å²) in [6.45, 7) is 0. The van der Waals surface area contributed by atoms with Gasteiger partial charge in [-0.1, -0.05) is 60.1 Å². The maximum Gasteiger partial charge on any atom is 0.337 e. The Balaban J connectivity index is 1.61.